The van der Waals surface area contributed by atoms with E-state index >= 15 is 0 Å². The summed E-state index contributed by atoms with van der Waals surface area (Å²) in [6.45, 7) is 9.51. The summed E-state index contributed by atoms with van der Waals surface area (Å²) in [5.41, 5.74) is 6.05. The number of amidine groups is 1. The van der Waals surface area contributed by atoms with Crippen LogP contribution in [0.15, 0.2) is 23.4 Å². The highest BCUT2D eigenvalue weighted by Crippen LogP contribution is 2.16. The first-order valence-electron chi connectivity index (χ1n) is 6.17. The van der Waals surface area contributed by atoms with Crippen molar-refractivity contribution in [1.82, 2.24) is 4.98 Å². The van der Waals surface area contributed by atoms with Crippen molar-refractivity contribution in [3.8, 4) is 0 Å². The van der Waals surface area contributed by atoms with Crippen molar-refractivity contribution in [2.24, 2.45) is 16.8 Å². The van der Waals surface area contributed by atoms with Crippen LogP contribution in [-0.2, 0) is 0 Å². The maximum Gasteiger partial charge on any atom is 0.188 e. The lowest BCUT2D eigenvalue weighted by Gasteiger charge is -2.29. The number of rotatable bonds is 5. The average Bonchev–Trinajstić information content (AvgIpc) is 2.34. The van der Waals surface area contributed by atoms with E-state index in [1.54, 1.807) is 6.07 Å². The molecule has 18 heavy (non-hydrogen) atoms. The molecule has 0 saturated carbocycles. The predicted octanol–water partition coefficient (Wildman–Crippen LogP) is 2.05. The Balaban J connectivity index is 3.05. The minimum absolute atomic E-state index is 0.0325. The summed E-state index contributed by atoms with van der Waals surface area (Å²) in [5, 5.41) is 11.7. The first-order valence-corrected chi connectivity index (χ1v) is 6.17. The summed E-state index contributed by atoms with van der Waals surface area (Å²) in [4.78, 5) is 6.64. The van der Waals surface area contributed by atoms with Crippen molar-refractivity contribution in [2.45, 2.75) is 33.7 Å². The molecule has 100 valence electrons. The standard InChI is InChI=1S/C13H22N4O/c1-9(2)8-17(10(3)4)12-7-5-6-11(15-12)13(14)16-18/h5-7,9-10,18H,8H2,1-4H3,(H2,14,16). The molecule has 0 fully saturated rings. The maximum absolute atomic E-state index is 8.68. The maximum atomic E-state index is 8.68. The molecule has 0 radical (unpaired) electrons. The van der Waals surface area contributed by atoms with Crippen molar-refractivity contribution in [3.05, 3.63) is 23.9 Å². The Morgan fingerprint density at radius 2 is 2.06 bits per heavy atom. The fourth-order valence-corrected chi connectivity index (χ4v) is 1.74. The number of pyridine rings is 1. The van der Waals surface area contributed by atoms with Crippen LogP contribution in [0.4, 0.5) is 5.82 Å². The second-order valence-corrected chi connectivity index (χ2v) is 5.01. The first kappa shape index (κ1) is 14.3. The van der Waals surface area contributed by atoms with Gasteiger partial charge in [0.05, 0.1) is 0 Å². The van der Waals surface area contributed by atoms with Crippen molar-refractivity contribution >= 4 is 11.7 Å². The zero-order valence-electron chi connectivity index (χ0n) is 11.5. The summed E-state index contributed by atoms with van der Waals surface area (Å²) in [6.07, 6.45) is 0. The number of anilines is 1. The number of hydrogen-bond acceptors (Lipinski definition) is 4. The number of oxime groups is 1. The van der Waals surface area contributed by atoms with Crippen molar-refractivity contribution in [1.29, 1.82) is 0 Å². The molecule has 5 nitrogen and oxygen atoms in total. The third-order valence-corrected chi connectivity index (χ3v) is 2.58. The number of nitrogens with two attached hydrogens (primary N) is 1. The van der Waals surface area contributed by atoms with Gasteiger partial charge in [-0.3, -0.25) is 0 Å². The SMILES string of the molecule is CC(C)CN(c1cccc(C(N)=NO)n1)C(C)C. The van der Waals surface area contributed by atoms with E-state index in [-0.39, 0.29) is 5.84 Å². The van der Waals surface area contributed by atoms with Crippen LogP contribution >= 0.6 is 0 Å². The first-order chi connectivity index (χ1) is 8.45. The van der Waals surface area contributed by atoms with Crippen LogP contribution in [0.1, 0.15) is 33.4 Å². The smallest absolute Gasteiger partial charge is 0.188 e. The Kier molecular flexibility index (Phi) is 4.95. The largest absolute Gasteiger partial charge is 0.409 e. The van der Waals surface area contributed by atoms with E-state index in [1.165, 1.54) is 0 Å². The lowest BCUT2D eigenvalue weighted by atomic mass is 10.1. The molecule has 0 saturated heterocycles. The van der Waals surface area contributed by atoms with Crippen LogP contribution in [0, 0.1) is 5.92 Å². The molecule has 5 heteroatoms. The predicted molar refractivity (Wildman–Crippen MR) is 74.1 cm³/mol. The van der Waals surface area contributed by atoms with Crippen molar-refractivity contribution in [2.75, 3.05) is 11.4 Å². The van der Waals surface area contributed by atoms with Gasteiger partial charge in [-0.1, -0.05) is 25.1 Å². The normalized spacial score (nSPS) is 12.2. The highest BCUT2D eigenvalue weighted by Gasteiger charge is 2.14. The minimum Gasteiger partial charge on any atom is -0.409 e. The van der Waals surface area contributed by atoms with Crippen LogP contribution in [0.3, 0.4) is 0 Å². The molecule has 0 atom stereocenters. The summed E-state index contributed by atoms with van der Waals surface area (Å²) in [7, 11) is 0. The Labute approximate surface area is 108 Å². The fourth-order valence-electron chi connectivity index (χ4n) is 1.74. The highest BCUT2D eigenvalue weighted by molar-refractivity contribution is 5.95. The van der Waals surface area contributed by atoms with Gasteiger partial charge in [-0.25, -0.2) is 4.98 Å². The Bertz CT molecular complexity index is 415. The molecule has 0 aliphatic rings. The van der Waals surface area contributed by atoms with E-state index < -0.39 is 0 Å². The Morgan fingerprint density at radius 1 is 1.39 bits per heavy atom. The molecule has 3 N–H and O–H groups in total. The molecule has 0 amide bonds. The van der Waals surface area contributed by atoms with Gasteiger partial charge in [0.15, 0.2) is 5.84 Å². The number of nitrogens with zero attached hydrogens (tertiary/aromatic N) is 3. The van der Waals surface area contributed by atoms with E-state index in [0.717, 1.165) is 12.4 Å². The van der Waals surface area contributed by atoms with E-state index in [4.69, 9.17) is 10.9 Å². The lowest BCUT2D eigenvalue weighted by molar-refractivity contribution is 0.318. The minimum atomic E-state index is 0.0325. The van der Waals surface area contributed by atoms with Gasteiger partial charge in [0, 0.05) is 12.6 Å². The van der Waals surface area contributed by atoms with Gasteiger partial charge >= 0.3 is 0 Å². The molecule has 0 aliphatic carbocycles. The molecule has 0 aliphatic heterocycles. The summed E-state index contributed by atoms with van der Waals surface area (Å²) >= 11 is 0. The average molecular weight is 250 g/mol. The molecule has 0 bridgehead atoms. The van der Waals surface area contributed by atoms with Gasteiger partial charge in [0.1, 0.15) is 11.5 Å². The second-order valence-electron chi connectivity index (χ2n) is 5.01. The fraction of sp³-hybridized carbons (Fsp3) is 0.538. The van der Waals surface area contributed by atoms with Crippen LogP contribution in [0.5, 0.6) is 0 Å². The highest BCUT2D eigenvalue weighted by atomic mass is 16.4. The van der Waals surface area contributed by atoms with Crippen LogP contribution in [0.25, 0.3) is 0 Å². The van der Waals surface area contributed by atoms with Crippen LogP contribution in [0.2, 0.25) is 0 Å². The summed E-state index contributed by atoms with van der Waals surface area (Å²) in [6, 6.07) is 5.89. The van der Waals surface area contributed by atoms with Gasteiger partial charge in [-0.15, -0.1) is 0 Å². The van der Waals surface area contributed by atoms with Crippen molar-refractivity contribution in [3.63, 3.8) is 0 Å². The van der Waals surface area contributed by atoms with Crippen LogP contribution < -0.4 is 10.6 Å². The lowest BCUT2D eigenvalue weighted by Crippen LogP contribution is -2.35. The molecule has 0 aromatic carbocycles. The van der Waals surface area contributed by atoms with E-state index in [1.807, 2.05) is 12.1 Å². The Hall–Kier alpha value is -1.78. The molecular formula is C13H22N4O. The molecule has 1 aromatic heterocycles. The van der Waals surface area contributed by atoms with E-state index in [9.17, 15) is 0 Å². The molecule has 1 aromatic rings. The zero-order valence-corrected chi connectivity index (χ0v) is 11.5. The molecule has 1 rings (SSSR count). The summed E-state index contributed by atoms with van der Waals surface area (Å²) in [5.74, 6) is 1.43. The van der Waals surface area contributed by atoms with Gasteiger partial charge < -0.3 is 15.8 Å². The van der Waals surface area contributed by atoms with Gasteiger partial charge in [-0.2, -0.15) is 0 Å². The Morgan fingerprint density at radius 3 is 2.56 bits per heavy atom. The number of aromatic nitrogens is 1. The van der Waals surface area contributed by atoms with Gasteiger partial charge in [-0.05, 0) is 31.9 Å². The monoisotopic (exact) mass is 250 g/mol. The zero-order chi connectivity index (χ0) is 13.7. The molecule has 0 spiro atoms. The molecule has 0 unspecified atom stereocenters. The quantitative estimate of drug-likeness (QED) is 0.363. The van der Waals surface area contributed by atoms with E-state index in [2.05, 4.69) is 42.7 Å². The molecule has 1 heterocycles. The van der Waals surface area contributed by atoms with Gasteiger partial charge in [0.25, 0.3) is 0 Å². The topological polar surface area (TPSA) is 74.7 Å². The third-order valence-electron chi connectivity index (χ3n) is 2.58. The molecular weight excluding hydrogens is 228 g/mol. The summed E-state index contributed by atoms with van der Waals surface area (Å²) < 4.78 is 0. The third kappa shape index (κ3) is 3.61. The van der Waals surface area contributed by atoms with Gasteiger partial charge in [0.2, 0.25) is 0 Å². The van der Waals surface area contributed by atoms with Crippen LogP contribution in [-0.4, -0.2) is 28.6 Å². The van der Waals surface area contributed by atoms with Crippen molar-refractivity contribution < 1.29 is 5.21 Å². The second kappa shape index (κ2) is 6.23. The number of hydrogen-bond donors (Lipinski definition) is 2. The van der Waals surface area contributed by atoms with E-state index in [0.29, 0.717) is 17.7 Å².